The Kier molecular flexibility index (Phi) is 5.70. The molecule has 0 spiro atoms. The van der Waals surface area contributed by atoms with Gasteiger partial charge in [-0.3, -0.25) is 4.79 Å². The van der Waals surface area contributed by atoms with Gasteiger partial charge in [0.1, 0.15) is 0 Å². The van der Waals surface area contributed by atoms with Gasteiger partial charge in [0, 0.05) is 28.5 Å². The van der Waals surface area contributed by atoms with Crippen LogP contribution in [0.1, 0.15) is 16.8 Å². The summed E-state index contributed by atoms with van der Waals surface area (Å²) >= 11 is 13.6. The molecule has 21 heavy (non-hydrogen) atoms. The number of thioether (sulfide) groups is 1. The molecule has 2 aromatic rings. The first-order valence-corrected chi connectivity index (χ1v) is 7.91. The Morgan fingerprint density at radius 3 is 2.62 bits per heavy atom. The van der Waals surface area contributed by atoms with Crippen molar-refractivity contribution in [1.82, 2.24) is 9.97 Å². The quantitative estimate of drug-likeness (QED) is 0.661. The molecular weight excluding hydrogens is 331 g/mol. The van der Waals surface area contributed by atoms with Crippen molar-refractivity contribution in [2.75, 3.05) is 7.11 Å². The standard InChI is InChI=1S/C14H14Cl2N2O2S/c1-8-12(6-20-2)17-14(18-13(8)19)21-7-9-10(15)4-3-5-11(9)16/h3-5H,6-7H2,1-2H3,(H,17,18,19). The van der Waals surface area contributed by atoms with Gasteiger partial charge in [0.15, 0.2) is 5.16 Å². The average molecular weight is 345 g/mol. The van der Waals surface area contributed by atoms with Gasteiger partial charge in [-0.2, -0.15) is 0 Å². The molecule has 0 fully saturated rings. The predicted molar refractivity (Wildman–Crippen MR) is 86.3 cm³/mol. The van der Waals surface area contributed by atoms with E-state index in [2.05, 4.69) is 9.97 Å². The van der Waals surface area contributed by atoms with Gasteiger partial charge in [-0.1, -0.05) is 41.0 Å². The zero-order chi connectivity index (χ0) is 15.4. The fraction of sp³-hybridized carbons (Fsp3) is 0.286. The smallest absolute Gasteiger partial charge is 0.254 e. The summed E-state index contributed by atoms with van der Waals surface area (Å²) in [5.74, 6) is 0.525. The number of hydrogen-bond acceptors (Lipinski definition) is 4. The fourth-order valence-corrected chi connectivity index (χ4v) is 3.33. The van der Waals surface area contributed by atoms with Crippen LogP contribution in [-0.2, 0) is 17.1 Å². The topological polar surface area (TPSA) is 55.0 Å². The highest BCUT2D eigenvalue weighted by Gasteiger charge is 2.10. The Bertz CT molecular complexity index is 684. The van der Waals surface area contributed by atoms with E-state index in [1.165, 1.54) is 11.8 Å². The molecule has 1 N–H and O–H groups in total. The summed E-state index contributed by atoms with van der Waals surface area (Å²) in [6.07, 6.45) is 0. The second kappa shape index (κ2) is 7.31. The third-order valence-electron chi connectivity index (χ3n) is 2.93. The van der Waals surface area contributed by atoms with Crippen LogP contribution in [0.15, 0.2) is 28.2 Å². The largest absolute Gasteiger partial charge is 0.378 e. The van der Waals surface area contributed by atoms with Crippen molar-refractivity contribution in [3.63, 3.8) is 0 Å². The highest BCUT2D eigenvalue weighted by Crippen LogP contribution is 2.30. The molecule has 0 aliphatic carbocycles. The Morgan fingerprint density at radius 1 is 1.33 bits per heavy atom. The molecule has 0 radical (unpaired) electrons. The Morgan fingerprint density at radius 2 is 2.00 bits per heavy atom. The van der Waals surface area contributed by atoms with Gasteiger partial charge in [0.2, 0.25) is 0 Å². The summed E-state index contributed by atoms with van der Waals surface area (Å²) < 4.78 is 5.05. The summed E-state index contributed by atoms with van der Waals surface area (Å²) in [6.45, 7) is 2.02. The van der Waals surface area contributed by atoms with Crippen molar-refractivity contribution in [3.05, 3.63) is 55.4 Å². The molecule has 0 unspecified atom stereocenters. The molecular formula is C14H14Cl2N2O2S. The van der Waals surface area contributed by atoms with Crippen molar-refractivity contribution in [2.24, 2.45) is 0 Å². The zero-order valence-electron chi connectivity index (χ0n) is 11.6. The Balaban J connectivity index is 2.22. The van der Waals surface area contributed by atoms with Crippen molar-refractivity contribution in [3.8, 4) is 0 Å². The molecule has 0 saturated carbocycles. The lowest BCUT2D eigenvalue weighted by Crippen LogP contribution is -2.16. The Hall–Kier alpha value is -1.01. The SMILES string of the molecule is COCc1nc(SCc2c(Cl)cccc2Cl)[nH]c(=O)c1C. The second-order valence-corrected chi connectivity index (χ2v) is 6.14. The van der Waals surface area contributed by atoms with E-state index >= 15 is 0 Å². The minimum atomic E-state index is -0.162. The highest BCUT2D eigenvalue weighted by molar-refractivity contribution is 7.98. The lowest BCUT2D eigenvalue weighted by molar-refractivity contribution is 0.180. The number of aromatic nitrogens is 2. The van der Waals surface area contributed by atoms with Crippen LogP contribution < -0.4 is 5.56 Å². The third kappa shape index (κ3) is 4.01. The van der Waals surface area contributed by atoms with Crippen LogP contribution in [0, 0.1) is 6.92 Å². The number of ether oxygens (including phenoxy) is 1. The molecule has 1 aromatic heterocycles. The van der Waals surface area contributed by atoms with Crippen molar-refractivity contribution < 1.29 is 4.74 Å². The van der Waals surface area contributed by atoms with Gasteiger partial charge >= 0.3 is 0 Å². The normalized spacial score (nSPS) is 10.9. The Labute approximate surface area is 136 Å². The number of methoxy groups -OCH3 is 1. The number of nitrogens with one attached hydrogen (secondary N) is 1. The number of aromatic amines is 1. The van der Waals surface area contributed by atoms with E-state index in [1.807, 2.05) is 0 Å². The summed E-state index contributed by atoms with van der Waals surface area (Å²) in [5.41, 5.74) is 1.86. The zero-order valence-corrected chi connectivity index (χ0v) is 13.9. The van der Waals surface area contributed by atoms with Gasteiger partial charge in [-0.05, 0) is 24.6 Å². The summed E-state index contributed by atoms with van der Waals surface area (Å²) in [6, 6.07) is 5.36. The lowest BCUT2D eigenvalue weighted by Gasteiger charge is -2.08. The number of hydrogen-bond donors (Lipinski definition) is 1. The van der Waals surface area contributed by atoms with Crippen molar-refractivity contribution in [2.45, 2.75) is 24.4 Å². The summed E-state index contributed by atoms with van der Waals surface area (Å²) in [7, 11) is 1.57. The molecule has 2 rings (SSSR count). The van der Waals surface area contributed by atoms with E-state index in [4.69, 9.17) is 27.9 Å². The van der Waals surface area contributed by atoms with E-state index in [1.54, 1.807) is 32.2 Å². The molecule has 0 atom stereocenters. The molecule has 112 valence electrons. The van der Waals surface area contributed by atoms with Crippen molar-refractivity contribution >= 4 is 35.0 Å². The van der Waals surface area contributed by atoms with Crippen LogP contribution >= 0.6 is 35.0 Å². The molecule has 0 aliphatic rings. The molecule has 0 saturated heterocycles. The first kappa shape index (κ1) is 16.4. The maximum absolute atomic E-state index is 11.9. The molecule has 0 aliphatic heterocycles. The van der Waals surface area contributed by atoms with Crippen LogP contribution in [0.25, 0.3) is 0 Å². The minimum absolute atomic E-state index is 0.162. The van der Waals surface area contributed by atoms with Crippen LogP contribution in [-0.4, -0.2) is 17.1 Å². The molecule has 1 heterocycles. The monoisotopic (exact) mass is 344 g/mol. The van der Waals surface area contributed by atoms with Crippen molar-refractivity contribution in [1.29, 1.82) is 0 Å². The van der Waals surface area contributed by atoms with Crippen LogP contribution in [0.2, 0.25) is 10.0 Å². The molecule has 7 heteroatoms. The maximum atomic E-state index is 11.9. The van der Waals surface area contributed by atoms with Crippen LogP contribution in [0.3, 0.4) is 0 Å². The number of H-pyrrole nitrogens is 1. The first-order chi connectivity index (χ1) is 10.0. The lowest BCUT2D eigenvalue weighted by atomic mass is 10.2. The van der Waals surface area contributed by atoms with E-state index in [0.717, 1.165) is 5.56 Å². The van der Waals surface area contributed by atoms with Gasteiger partial charge in [-0.15, -0.1) is 0 Å². The summed E-state index contributed by atoms with van der Waals surface area (Å²) in [4.78, 5) is 19.0. The average Bonchev–Trinajstić information content (AvgIpc) is 2.44. The predicted octanol–water partition coefficient (Wildman–Crippen LogP) is 3.82. The van der Waals surface area contributed by atoms with Crippen LogP contribution in [0.4, 0.5) is 0 Å². The first-order valence-electron chi connectivity index (χ1n) is 6.17. The number of benzene rings is 1. The van der Waals surface area contributed by atoms with Crippen LogP contribution in [0.5, 0.6) is 0 Å². The van der Waals surface area contributed by atoms with Gasteiger partial charge < -0.3 is 9.72 Å². The number of halogens is 2. The van der Waals surface area contributed by atoms with E-state index < -0.39 is 0 Å². The van der Waals surface area contributed by atoms with E-state index in [0.29, 0.717) is 38.8 Å². The maximum Gasteiger partial charge on any atom is 0.254 e. The van der Waals surface area contributed by atoms with Gasteiger partial charge in [-0.25, -0.2) is 4.98 Å². The highest BCUT2D eigenvalue weighted by atomic mass is 35.5. The number of nitrogens with zero attached hydrogens (tertiary/aromatic N) is 1. The van der Waals surface area contributed by atoms with Gasteiger partial charge in [0.05, 0.1) is 12.3 Å². The molecule has 1 aromatic carbocycles. The second-order valence-electron chi connectivity index (χ2n) is 4.36. The molecule has 0 bridgehead atoms. The fourth-order valence-electron chi connectivity index (χ4n) is 1.71. The van der Waals surface area contributed by atoms with E-state index in [-0.39, 0.29) is 5.56 Å². The summed E-state index contributed by atoms with van der Waals surface area (Å²) in [5, 5.41) is 1.72. The number of rotatable bonds is 5. The third-order valence-corrected chi connectivity index (χ3v) is 4.53. The molecule has 4 nitrogen and oxygen atoms in total. The van der Waals surface area contributed by atoms with E-state index in [9.17, 15) is 4.79 Å². The van der Waals surface area contributed by atoms with Gasteiger partial charge in [0.25, 0.3) is 5.56 Å². The molecule has 0 amide bonds. The minimum Gasteiger partial charge on any atom is -0.378 e.